The van der Waals surface area contributed by atoms with E-state index >= 15 is 0 Å². The van der Waals surface area contributed by atoms with Crippen LogP contribution in [0.15, 0.2) is 0 Å². The number of nitrogens with two attached hydrogens (primary N) is 1. The van der Waals surface area contributed by atoms with Crippen LogP contribution in [-0.4, -0.2) is 15.4 Å². The molecule has 1 aliphatic carbocycles. The zero-order chi connectivity index (χ0) is 9.80. The molecule has 78 valence electrons. The maximum absolute atomic E-state index is 5.23. The highest BCUT2D eigenvalue weighted by Crippen LogP contribution is 2.32. The lowest BCUT2D eigenvalue weighted by atomic mass is 10.4. The first kappa shape index (κ1) is 10.2. The number of hydrazine groups is 1. The van der Waals surface area contributed by atoms with Gasteiger partial charge < -0.3 is 0 Å². The molecule has 2 rings (SSSR count). The van der Waals surface area contributed by atoms with Crippen molar-refractivity contribution in [1.82, 2.24) is 10.2 Å². The molecule has 4 nitrogen and oxygen atoms in total. The van der Waals surface area contributed by atoms with E-state index in [2.05, 4.69) is 15.6 Å². The summed E-state index contributed by atoms with van der Waals surface area (Å²) in [5, 5.41) is 10.6. The molecule has 0 unspecified atom stereocenters. The molecule has 0 aliphatic heterocycles. The van der Waals surface area contributed by atoms with E-state index in [1.54, 1.807) is 0 Å². The van der Waals surface area contributed by atoms with Crippen LogP contribution in [0.25, 0.3) is 0 Å². The summed E-state index contributed by atoms with van der Waals surface area (Å²) in [6.45, 7) is 0. The molecular formula is C8H14N4S2. The van der Waals surface area contributed by atoms with Crippen molar-refractivity contribution in [1.29, 1.82) is 0 Å². The fourth-order valence-electron chi connectivity index (χ4n) is 1.61. The van der Waals surface area contributed by atoms with E-state index in [0.717, 1.165) is 16.0 Å². The van der Waals surface area contributed by atoms with Gasteiger partial charge in [-0.05, 0) is 12.8 Å². The summed E-state index contributed by atoms with van der Waals surface area (Å²) in [4.78, 5) is 0. The lowest BCUT2D eigenvalue weighted by molar-refractivity contribution is 0.886. The van der Waals surface area contributed by atoms with E-state index in [-0.39, 0.29) is 0 Å². The second-order valence-corrected chi connectivity index (χ2v) is 5.71. The molecule has 0 spiro atoms. The molecular weight excluding hydrogens is 216 g/mol. The van der Waals surface area contributed by atoms with Gasteiger partial charge in [0.05, 0.1) is 0 Å². The molecule has 14 heavy (non-hydrogen) atoms. The number of nitrogens with zero attached hydrogens (tertiary/aromatic N) is 2. The number of anilines is 1. The summed E-state index contributed by atoms with van der Waals surface area (Å²) in [6, 6.07) is 0. The molecule has 1 aliphatic rings. The van der Waals surface area contributed by atoms with Crippen LogP contribution < -0.4 is 11.3 Å². The quantitative estimate of drug-likeness (QED) is 0.612. The topological polar surface area (TPSA) is 63.8 Å². The predicted octanol–water partition coefficient (Wildman–Crippen LogP) is 2.00. The van der Waals surface area contributed by atoms with Gasteiger partial charge in [0.2, 0.25) is 5.13 Å². The van der Waals surface area contributed by atoms with Gasteiger partial charge in [-0.1, -0.05) is 24.2 Å². The van der Waals surface area contributed by atoms with Crippen molar-refractivity contribution in [2.24, 2.45) is 5.84 Å². The summed E-state index contributed by atoms with van der Waals surface area (Å²) >= 11 is 3.54. The Morgan fingerprint density at radius 2 is 2.21 bits per heavy atom. The van der Waals surface area contributed by atoms with Gasteiger partial charge >= 0.3 is 0 Å². The smallest absolute Gasteiger partial charge is 0.219 e. The van der Waals surface area contributed by atoms with Gasteiger partial charge in [0.25, 0.3) is 0 Å². The summed E-state index contributed by atoms with van der Waals surface area (Å²) in [5.74, 6) is 6.21. The molecule has 0 radical (unpaired) electrons. The summed E-state index contributed by atoms with van der Waals surface area (Å²) in [5.41, 5.74) is 2.51. The second kappa shape index (κ2) is 4.95. The average molecular weight is 230 g/mol. The van der Waals surface area contributed by atoms with Crippen LogP contribution in [-0.2, 0) is 5.75 Å². The van der Waals surface area contributed by atoms with Crippen LogP contribution >= 0.6 is 23.1 Å². The van der Waals surface area contributed by atoms with Crippen LogP contribution in [0, 0.1) is 0 Å². The summed E-state index contributed by atoms with van der Waals surface area (Å²) in [6.07, 6.45) is 5.52. The molecule has 1 aromatic rings. The van der Waals surface area contributed by atoms with Crippen molar-refractivity contribution < 1.29 is 0 Å². The molecule has 1 aromatic heterocycles. The number of nitrogens with one attached hydrogen (secondary N) is 1. The normalized spacial score (nSPS) is 17.5. The number of hydrogen-bond acceptors (Lipinski definition) is 6. The van der Waals surface area contributed by atoms with E-state index in [0.29, 0.717) is 5.13 Å². The predicted molar refractivity (Wildman–Crippen MR) is 61.3 cm³/mol. The zero-order valence-corrected chi connectivity index (χ0v) is 9.53. The minimum Gasteiger partial charge on any atom is -0.298 e. The molecule has 1 heterocycles. The van der Waals surface area contributed by atoms with Crippen molar-refractivity contribution in [2.45, 2.75) is 36.7 Å². The number of nitrogen functional groups attached to an aromatic ring is 1. The average Bonchev–Trinajstić information content (AvgIpc) is 2.86. The monoisotopic (exact) mass is 230 g/mol. The molecule has 1 fully saturated rings. The standard InChI is InChI=1S/C8H14N4S2/c9-10-8-12-11-7(14-8)5-13-6-3-1-2-4-6/h6H,1-5,9H2,(H,10,12). The SMILES string of the molecule is NNc1nnc(CSC2CCCC2)s1. The number of hydrogen-bond donors (Lipinski definition) is 2. The highest BCUT2D eigenvalue weighted by molar-refractivity contribution is 7.99. The van der Waals surface area contributed by atoms with Crippen LogP contribution in [0.4, 0.5) is 5.13 Å². The van der Waals surface area contributed by atoms with Gasteiger partial charge in [-0.25, -0.2) is 5.84 Å². The van der Waals surface area contributed by atoms with Crippen molar-refractivity contribution in [3.63, 3.8) is 0 Å². The highest BCUT2D eigenvalue weighted by Gasteiger charge is 2.16. The third kappa shape index (κ3) is 2.59. The van der Waals surface area contributed by atoms with Crippen molar-refractivity contribution in [2.75, 3.05) is 5.43 Å². The number of rotatable bonds is 4. The minimum absolute atomic E-state index is 0.701. The maximum atomic E-state index is 5.23. The molecule has 0 saturated heterocycles. The third-order valence-corrected chi connectivity index (χ3v) is 4.76. The zero-order valence-electron chi connectivity index (χ0n) is 7.90. The summed E-state index contributed by atoms with van der Waals surface area (Å²) in [7, 11) is 0. The van der Waals surface area contributed by atoms with Crippen LogP contribution in [0.2, 0.25) is 0 Å². The van der Waals surface area contributed by atoms with Crippen LogP contribution in [0.5, 0.6) is 0 Å². The number of thioether (sulfide) groups is 1. The van der Waals surface area contributed by atoms with Gasteiger partial charge in [0, 0.05) is 11.0 Å². The lowest BCUT2D eigenvalue weighted by Crippen LogP contribution is -2.05. The number of aromatic nitrogens is 2. The molecule has 3 N–H and O–H groups in total. The van der Waals surface area contributed by atoms with Crippen LogP contribution in [0.1, 0.15) is 30.7 Å². The first-order valence-corrected chi connectivity index (χ1v) is 6.65. The van der Waals surface area contributed by atoms with Crippen molar-refractivity contribution >= 4 is 28.2 Å². The van der Waals surface area contributed by atoms with E-state index in [4.69, 9.17) is 5.84 Å². The van der Waals surface area contributed by atoms with E-state index in [9.17, 15) is 0 Å². The van der Waals surface area contributed by atoms with Gasteiger partial charge in [-0.2, -0.15) is 11.8 Å². The molecule has 1 saturated carbocycles. The first-order valence-electron chi connectivity index (χ1n) is 4.79. The van der Waals surface area contributed by atoms with E-state index < -0.39 is 0 Å². The lowest BCUT2D eigenvalue weighted by Gasteiger charge is -2.05. The molecule has 6 heteroatoms. The fourth-order valence-corrected chi connectivity index (χ4v) is 3.60. The Morgan fingerprint density at radius 1 is 1.43 bits per heavy atom. The minimum atomic E-state index is 0.701. The van der Waals surface area contributed by atoms with Gasteiger partial charge in [0.15, 0.2) is 0 Å². The Morgan fingerprint density at radius 3 is 2.86 bits per heavy atom. The Labute approximate surface area is 91.6 Å². The molecule has 0 bridgehead atoms. The first-order chi connectivity index (χ1) is 6.88. The Balaban J connectivity index is 1.79. The maximum Gasteiger partial charge on any atom is 0.219 e. The Hall–Kier alpha value is -0.330. The van der Waals surface area contributed by atoms with Crippen molar-refractivity contribution in [3.8, 4) is 0 Å². The Bertz CT molecular complexity index is 283. The molecule has 0 amide bonds. The van der Waals surface area contributed by atoms with Gasteiger partial charge in [-0.3, -0.25) is 5.43 Å². The van der Waals surface area contributed by atoms with Crippen molar-refractivity contribution in [3.05, 3.63) is 5.01 Å². The second-order valence-electron chi connectivity index (χ2n) is 3.36. The molecule has 0 aromatic carbocycles. The molecule has 0 atom stereocenters. The van der Waals surface area contributed by atoms with E-state index in [1.807, 2.05) is 11.8 Å². The fraction of sp³-hybridized carbons (Fsp3) is 0.750. The summed E-state index contributed by atoms with van der Waals surface area (Å²) < 4.78 is 0. The van der Waals surface area contributed by atoms with E-state index in [1.165, 1.54) is 37.0 Å². The van der Waals surface area contributed by atoms with Crippen LogP contribution in [0.3, 0.4) is 0 Å². The Kier molecular flexibility index (Phi) is 3.61. The van der Waals surface area contributed by atoms with Gasteiger partial charge in [0.1, 0.15) is 5.01 Å². The largest absolute Gasteiger partial charge is 0.298 e. The third-order valence-electron chi connectivity index (χ3n) is 2.34. The van der Waals surface area contributed by atoms with Gasteiger partial charge in [-0.15, -0.1) is 10.2 Å². The highest BCUT2D eigenvalue weighted by atomic mass is 32.2.